The van der Waals surface area contributed by atoms with Crippen LogP contribution in [0, 0.1) is 17.0 Å². The van der Waals surface area contributed by atoms with E-state index in [1.165, 1.54) is 11.8 Å². The molecule has 1 rings (SSSR count). The Labute approximate surface area is 80.1 Å². The fraction of sp³-hybridized carbons (Fsp3) is 0.571. The summed E-state index contributed by atoms with van der Waals surface area (Å²) in [5.74, 6) is 1.45. The third-order valence-electron chi connectivity index (χ3n) is 1.40. The van der Waals surface area contributed by atoms with E-state index < -0.39 is 4.92 Å². The molecule has 0 fully saturated rings. The lowest BCUT2D eigenvalue weighted by molar-refractivity contribution is -0.392. The zero-order chi connectivity index (χ0) is 9.84. The number of hydrogen-bond donors (Lipinski definition) is 1. The standard InChI is InChI=1S/C7H11N3O2S/c1-3-4-13-7-6(10(11)12)8-5(2)9-7/h3-4H2,1-2H3,(H,8,9). The van der Waals surface area contributed by atoms with Crippen LogP contribution in [-0.4, -0.2) is 20.6 Å². The molecule has 0 amide bonds. The summed E-state index contributed by atoms with van der Waals surface area (Å²) in [5, 5.41) is 11.0. The predicted molar refractivity (Wildman–Crippen MR) is 51.0 cm³/mol. The van der Waals surface area contributed by atoms with Gasteiger partial charge in [0.2, 0.25) is 0 Å². The molecule has 13 heavy (non-hydrogen) atoms. The first kappa shape index (κ1) is 10.0. The first-order valence-corrected chi connectivity index (χ1v) is 4.97. The first-order chi connectivity index (χ1) is 6.15. The van der Waals surface area contributed by atoms with Crippen molar-refractivity contribution in [2.45, 2.75) is 25.3 Å². The largest absolute Gasteiger partial charge is 0.358 e. The number of imidazole rings is 1. The minimum atomic E-state index is -0.433. The molecule has 0 aliphatic rings. The maximum atomic E-state index is 10.5. The number of nitrogens with one attached hydrogen (secondary N) is 1. The van der Waals surface area contributed by atoms with Gasteiger partial charge in [-0.05, 0) is 17.1 Å². The normalized spacial score (nSPS) is 10.3. The van der Waals surface area contributed by atoms with Gasteiger partial charge < -0.3 is 10.1 Å². The Kier molecular flexibility index (Phi) is 3.30. The number of nitro groups is 1. The van der Waals surface area contributed by atoms with Crippen LogP contribution in [0.15, 0.2) is 5.03 Å². The molecule has 0 unspecified atom stereocenters. The van der Waals surface area contributed by atoms with Crippen LogP contribution >= 0.6 is 11.8 Å². The van der Waals surface area contributed by atoms with Crippen LogP contribution in [-0.2, 0) is 0 Å². The fourth-order valence-corrected chi connectivity index (χ4v) is 1.74. The van der Waals surface area contributed by atoms with Crippen molar-refractivity contribution in [3.05, 3.63) is 15.9 Å². The number of thioether (sulfide) groups is 1. The Morgan fingerprint density at radius 2 is 2.38 bits per heavy atom. The van der Waals surface area contributed by atoms with Crippen molar-refractivity contribution in [1.82, 2.24) is 9.97 Å². The number of rotatable bonds is 4. The summed E-state index contributed by atoms with van der Waals surface area (Å²) in [7, 11) is 0. The molecule has 0 saturated heterocycles. The number of nitrogens with zero attached hydrogens (tertiary/aromatic N) is 2. The molecule has 0 saturated carbocycles. The minimum Gasteiger partial charge on any atom is -0.358 e. The van der Waals surface area contributed by atoms with Crippen molar-refractivity contribution >= 4 is 17.6 Å². The topological polar surface area (TPSA) is 71.8 Å². The molecule has 0 aliphatic heterocycles. The Balaban J connectivity index is 2.84. The molecule has 0 spiro atoms. The van der Waals surface area contributed by atoms with Crippen molar-refractivity contribution in [3.63, 3.8) is 0 Å². The van der Waals surface area contributed by atoms with E-state index in [0.29, 0.717) is 10.9 Å². The number of H-pyrrole nitrogens is 1. The summed E-state index contributed by atoms with van der Waals surface area (Å²) in [6.45, 7) is 3.74. The van der Waals surface area contributed by atoms with Crippen LogP contribution in [0.25, 0.3) is 0 Å². The molecular weight excluding hydrogens is 190 g/mol. The number of aromatic nitrogens is 2. The van der Waals surface area contributed by atoms with Crippen LogP contribution < -0.4 is 0 Å². The van der Waals surface area contributed by atoms with Gasteiger partial charge in [0.05, 0.1) is 0 Å². The predicted octanol–water partition coefficient (Wildman–Crippen LogP) is 2.13. The highest BCUT2D eigenvalue weighted by Gasteiger charge is 2.17. The molecule has 0 radical (unpaired) electrons. The van der Waals surface area contributed by atoms with E-state index in [9.17, 15) is 10.1 Å². The molecule has 0 bridgehead atoms. The van der Waals surface area contributed by atoms with Gasteiger partial charge in [-0.15, -0.1) is 0 Å². The van der Waals surface area contributed by atoms with Crippen LogP contribution in [0.1, 0.15) is 19.2 Å². The Morgan fingerprint density at radius 1 is 1.69 bits per heavy atom. The second-order valence-corrected chi connectivity index (χ2v) is 3.67. The highest BCUT2D eigenvalue weighted by Crippen LogP contribution is 2.26. The van der Waals surface area contributed by atoms with Gasteiger partial charge in [-0.2, -0.15) is 4.98 Å². The van der Waals surface area contributed by atoms with Gasteiger partial charge in [0.15, 0.2) is 10.9 Å². The number of hydrogen-bond acceptors (Lipinski definition) is 4. The smallest absolute Gasteiger partial charge is 0.354 e. The first-order valence-electron chi connectivity index (χ1n) is 3.99. The highest BCUT2D eigenvalue weighted by molar-refractivity contribution is 7.99. The number of aromatic amines is 1. The van der Waals surface area contributed by atoms with Crippen molar-refractivity contribution in [3.8, 4) is 0 Å². The van der Waals surface area contributed by atoms with E-state index in [4.69, 9.17) is 0 Å². The molecular formula is C7H11N3O2S. The van der Waals surface area contributed by atoms with E-state index in [1.807, 2.05) is 6.92 Å². The zero-order valence-corrected chi connectivity index (χ0v) is 8.35. The third-order valence-corrected chi connectivity index (χ3v) is 2.57. The van der Waals surface area contributed by atoms with Crippen molar-refractivity contribution in [2.75, 3.05) is 5.75 Å². The Hall–Kier alpha value is -1.04. The summed E-state index contributed by atoms with van der Waals surface area (Å²) in [4.78, 5) is 16.7. The lowest BCUT2D eigenvalue weighted by atomic mass is 10.6. The fourth-order valence-electron chi connectivity index (χ4n) is 0.881. The third kappa shape index (κ3) is 2.45. The van der Waals surface area contributed by atoms with Crippen molar-refractivity contribution in [1.29, 1.82) is 0 Å². The quantitative estimate of drug-likeness (QED) is 0.460. The molecule has 6 heteroatoms. The van der Waals surface area contributed by atoms with Crippen molar-refractivity contribution < 1.29 is 4.92 Å². The maximum Gasteiger partial charge on any atom is 0.354 e. The summed E-state index contributed by atoms with van der Waals surface area (Å²) in [5.41, 5.74) is 0. The minimum absolute atomic E-state index is 0.0101. The second-order valence-electron chi connectivity index (χ2n) is 2.58. The van der Waals surface area contributed by atoms with Gasteiger partial charge >= 0.3 is 5.82 Å². The lowest BCUT2D eigenvalue weighted by Crippen LogP contribution is -1.90. The van der Waals surface area contributed by atoms with Gasteiger partial charge in [0.1, 0.15) is 0 Å². The van der Waals surface area contributed by atoms with Crippen LogP contribution in [0.5, 0.6) is 0 Å². The van der Waals surface area contributed by atoms with E-state index in [2.05, 4.69) is 9.97 Å². The lowest BCUT2D eigenvalue weighted by Gasteiger charge is -1.94. The van der Waals surface area contributed by atoms with Gasteiger partial charge in [-0.25, -0.2) is 4.98 Å². The Morgan fingerprint density at radius 3 is 2.92 bits per heavy atom. The number of aryl methyl sites for hydroxylation is 1. The van der Waals surface area contributed by atoms with Gasteiger partial charge in [-0.3, -0.25) is 0 Å². The second kappa shape index (κ2) is 4.27. The highest BCUT2D eigenvalue weighted by atomic mass is 32.2. The van der Waals surface area contributed by atoms with Gasteiger partial charge in [-0.1, -0.05) is 18.7 Å². The average molecular weight is 201 g/mol. The summed E-state index contributed by atoms with van der Waals surface area (Å²) >= 11 is 1.41. The molecule has 5 nitrogen and oxygen atoms in total. The molecule has 1 aromatic rings. The molecule has 0 aliphatic carbocycles. The zero-order valence-electron chi connectivity index (χ0n) is 7.53. The maximum absolute atomic E-state index is 10.5. The van der Waals surface area contributed by atoms with Crippen LogP contribution in [0.2, 0.25) is 0 Å². The van der Waals surface area contributed by atoms with Crippen LogP contribution in [0.3, 0.4) is 0 Å². The van der Waals surface area contributed by atoms with Crippen molar-refractivity contribution in [2.24, 2.45) is 0 Å². The van der Waals surface area contributed by atoms with Gasteiger partial charge in [0.25, 0.3) is 0 Å². The summed E-state index contributed by atoms with van der Waals surface area (Å²) < 4.78 is 0. The van der Waals surface area contributed by atoms with E-state index >= 15 is 0 Å². The average Bonchev–Trinajstić information content (AvgIpc) is 2.43. The van der Waals surface area contributed by atoms with Crippen LogP contribution in [0.4, 0.5) is 5.82 Å². The Bertz CT molecular complexity index is 311. The molecule has 72 valence electrons. The van der Waals surface area contributed by atoms with E-state index in [0.717, 1.165) is 12.2 Å². The summed E-state index contributed by atoms with van der Waals surface area (Å²) in [6, 6.07) is 0. The molecule has 1 N–H and O–H groups in total. The summed E-state index contributed by atoms with van der Waals surface area (Å²) in [6.07, 6.45) is 0.980. The van der Waals surface area contributed by atoms with E-state index in [-0.39, 0.29) is 5.82 Å². The molecule has 1 aromatic heterocycles. The molecule has 1 heterocycles. The molecule has 0 aromatic carbocycles. The SMILES string of the molecule is CCCSc1nc(C)[nH]c1[N+](=O)[O-]. The molecule has 0 atom stereocenters. The monoisotopic (exact) mass is 201 g/mol. The van der Waals surface area contributed by atoms with Gasteiger partial charge in [0, 0.05) is 6.92 Å². The van der Waals surface area contributed by atoms with E-state index in [1.54, 1.807) is 6.92 Å².